The van der Waals surface area contributed by atoms with Crippen molar-refractivity contribution in [2.45, 2.75) is 38.6 Å². The van der Waals surface area contributed by atoms with E-state index < -0.39 is 5.82 Å². The van der Waals surface area contributed by atoms with E-state index in [4.69, 9.17) is 0 Å². The van der Waals surface area contributed by atoms with Crippen molar-refractivity contribution in [3.05, 3.63) is 35.1 Å². The van der Waals surface area contributed by atoms with Gasteiger partial charge in [-0.25, -0.2) is 4.39 Å². The molecule has 1 aromatic rings. The Bertz CT molecular complexity index is 410. The van der Waals surface area contributed by atoms with E-state index in [1.165, 1.54) is 6.07 Å². The maximum atomic E-state index is 13.7. The second-order valence-electron chi connectivity index (χ2n) is 4.64. The molecular weight excluding hydrogens is 205 g/mol. The zero-order valence-electron chi connectivity index (χ0n) is 9.59. The molecule has 2 rings (SSSR count). The first kappa shape index (κ1) is 11.1. The summed E-state index contributed by atoms with van der Waals surface area (Å²) in [5, 5.41) is 2.78. The fraction of sp³-hybridized carbons (Fsp3) is 0.462. The molecule has 0 aromatic heterocycles. The summed E-state index contributed by atoms with van der Waals surface area (Å²) in [6, 6.07) is 5.10. The third-order valence-electron chi connectivity index (χ3n) is 2.82. The Hall–Kier alpha value is -1.38. The lowest BCUT2D eigenvalue weighted by Gasteiger charge is -2.08. The largest absolute Gasteiger partial charge is 0.349 e. The van der Waals surface area contributed by atoms with Gasteiger partial charge in [0.05, 0.1) is 5.56 Å². The summed E-state index contributed by atoms with van der Waals surface area (Å²) in [7, 11) is 0. The van der Waals surface area contributed by atoms with Crippen molar-refractivity contribution < 1.29 is 9.18 Å². The molecule has 0 unspecified atom stereocenters. The third-order valence-corrected chi connectivity index (χ3v) is 2.82. The van der Waals surface area contributed by atoms with E-state index in [9.17, 15) is 9.18 Å². The van der Waals surface area contributed by atoms with Gasteiger partial charge in [0.15, 0.2) is 0 Å². The van der Waals surface area contributed by atoms with Crippen LogP contribution < -0.4 is 5.32 Å². The minimum Gasteiger partial charge on any atom is -0.349 e. The van der Waals surface area contributed by atoms with E-state index >= 15 is 0 Å². The Morgan fingerprint density at radius 3 is 2.62 bits per heavy atom. The first-order chi connectivity index (χ1) is 7.58. The molecule has 1 aliphatic rings. The molecule has 0 radical (unpaired) electrons. The van der Waals surface area contributed by atoms with Crippen LogP contribution in [-0.2, 0) is 0 Å². The van der Waals surface area contributed by atoms with Crippen LogP contribution in [0.25, 0.3) is 0 Å². The summed E-state index contributed by atoms with van der Waals surface area (Å²) in [5.41, 5.74) is 1.07. The van der Waals surface area contributed by atoms with Gasteiger partial charge in [0.1, 0.15) is 5.82 Å². The summed E-state index contributed by atoms with van der Waals surface area (Å²) in [4.78, 5) is 11.6. The molecule has 1 aliphatic carbocycles. The van der Waals surface area contributed by atoms with Gasteiger partial charge in [-0.1, -0.05) is 19.9 Å². The summed E-state index contributed by atoms with van der Waals surface area (Å²) < 4.78 is 13.7. The number of rotatable bonds is 3. The van der Waals surface area contributed by atoms with Gasteiger partial charge in [0, 0.05) is 6.04 Å². The zero-order chi connectivity index (χ0) is 11.7. The van der Waals surface area contributed by atoms with Crippen molar-refractivity contribution in [2.75, 3.05) is 0 Å². The number of halogens is 1. The van der Waals surface area contributed by atoms with E-state index in [1.54, 1.807) is 6.07 Å². The highest BCUT2D eigenvalue weighted by Gasteiger charge is 2.25. The molecule has 1 N–H and O–H groups in total. The van der Waals surface area contributed by atoms with Gasteiger partial charge in [0.2, 0.25) is 0 Å². The van der Waals surface area contributed by atoms with Gasteiger partial charge in [-0.05, 0) is 36.5 Å². The van der Waals surface area contributed by atoms with Crippen LogP contribution in [0.1, 0.15) is 48.5 Å². The smallest absolute Gasteiger partial charge is 0.254 e. The lowest BCUT2D eigenvalue weighted by molar-refractivity contribution is 0.0947. The van der Waals surface area contributed by atoms with Gasteiger partial charge >= 0.3 is 0 Å². The second kappa shape index (κ2) is 4.24. The molecule has 3 heteroatoms. The second-order valence-corrected chi connectivity index (χ2v) is 4.64. The lowest BCUT2D eigenvalue weighted by atomic mass is 10.0. The molecule has 2 nitrogen and oxygen atoms in total. The van der Waals surface area contributed by atoms with Gasteiger partial charge in [-0.2, -0.15) is 0 Å². The van der Waals surface area contributed by atoms with Crippen molar-refractivity contribution >= 4 is 5.91 Å². The normalized spacial score (nSPS) is 15.2. The Labute approximate surface area is 94.9 Å². The van der Waals surface area contributed by atoms with Gasteiger partial charge in [0.25, 0.3) is 5.91 Å². The van der Waals surface area contributed by atoms with Crippen LogP contribution in [0.15, 0.2) is 18.2 Å². The quantitative estimate of drug-likeness (QED) is 0.835. The van der Waals surface area contributed by atoms with Crippen molar-refractivity contribution in [3.63, 3.8) is 0 Å². The topological polar surface area (TPSA) is 29.1 Å². The van der Waals surface area contributed by atoms with Crippen molar-refractivity contribution in [2.24, 2.45) is 0 Å². The highest BCUT2D eigenvalue weighted by molar-refractivity contribution is 5.94. The number of amides is 1. The highest BCUT2D eigenvalue weighted by Crippen LogP contribution is 2.21. The standard InChI is InChI=1S/C13H16FNO/c1-8(2)9-3-6-11(12(14)7-9)13(16)15-10-4-5-10/h3,6-8,10H,4-5H2,1-2H3,(H,15,16). The van der Waals surface area contributed by atoms with Crippen LogP contribution in [0.2, 0.25) is 0 Å². The maximum absolute atomic E-state index is 13.7. The minimum absolute atomic E-state index is 0.149. The van der Waals surface area contributed by atoms with E-state index in [0.29, 0.717) is 0 Å². The number of hydrogen-bond acceptors (Lipinski definition) is 1. The molecule has 1 amide bonds. The molecule has 0 saturated heterocycles. The molecule has 16 heavy (non-hydrogen) atoms. The van der Waals surface area contributed by atoms with E-state index in [1.807, 2.05) is 19.9 Å². The molecule has 1 aromatic carbocycles. The third kappa shape index (κ3) is 2.40. The molecule has 0 atom stereocenters. The molecule has 0 spiro atoms. The van der Waals surface area contributed by atoms with Crippen LogP contribution in [0.3, 0.4) is 0 Å². The molecule has 1 saturated carbocycles. The Morgan fingerprint density at radius 1 is 1.44 bits per heavy atom. The summed E-state index contributed by atoms with van der Waals surface area (Å²) in [6.07, 6.45) is 2.02. The summed E-state index contributed by atoms with van der Waals surface area (Å²) in [6.45, 7) is 4.00. The molecule has 0 bridgehead atoms. The number of hydrogen-bond donors (Lipinski definition) is 1. The number of carbonyl (C=O) groups excluding carboxylic acids is 1. The molecule has 1 fully saturated rings. The van der Waals surface area contributed by atoms with Gasteiger partial charge in [-0.15, -0.1) is 0 Å². The fourth-order valence-corrected chi connectivity index (χ4v) is 1.57. The SMILES string of the molecule is CC(C)c1ccc(C(=O)NC2CC2)c(F)c1. The zero-order valence-corrected chi connectivity index (χ0v) is 9.59. The molecule has 0 aliphatic heterocycles. The average Bonchev–Trinajstić information content (AvgIpc) is 3.01. The van der Waals surface area contributed by atoms with Crippen LogP contribution in [0, 0.1) is 5.82 Å². The Morgan fingerprint density at radius 2 is 2.12 bits per heavy atom. The fourth-order valence-electron chi connectivity index (χ4n) is 1.57. The predicted octanol–water partition coefficient (Wildman–Crippen LogP) is 2.84. The predicted molar refractivity (Wildman–Crippen MR) is 61.0 cm³/mol. The van der Waals surface area contributed by atoms with Crippen molar-refractivity contribution in [1.29, 1.82) is 0 Å². The number of nitrogens with one attached hydrogen (secondary N) is 1. The van der Waals surface area contributed by atoms with E-state index in [-0.39, 0.29) is 23.4 Å². The van der Waals surface area contributed by atoms with E-state index in [2.05, 4.69) is 5.32 Å². The Balaban J connectivity index is 2.17. The van der Waals surface area contributed by atoms with Gasteiger partial charge in [-0.3, -0.25) is 4.79 Å². The van der Waals surface area contributed by atoms with Crippen molar-refractivity contribution in [3.8, 4) is 0 Å². The van der Waals surface area contributed by atoms with Gasteiger partial charge < -0.3 is 5.32 Å². The monoisotopic (exact) mass is 221 g/mol. The number of carbonyl (C=O) groups is 1. The highest BCUT2D eigenvalue weighted by atomic mass is 19.1. The summed E-state index contributed by atoms with van der Waals surface area (Å²) >= 11 is 0. The maximum Gasteiger partial charge on any atom is 0.254 e. The molecular formula is C13H16FNO. The van der Waals surface area contributed by atoms with Crippen LogP contribution in [-0.4, -0.2) is 11.9 Å². The Kier molecular flexibility index (Phi) is 2.95. The van der Waals surface area contributed by atoms with Crippen molar-refractivity contribution in [1.82, 2.24) is 5.32 Å². The lowest BCUT2D eigenvalue weighted by Crippen LogP contribution is -2.26. The first-order valence-electron chi connectivity index (χ1n) is 5.68. The first-order valence-corrected chi connectivity index (χ1v) is 5.68. The van der Waals surface area contributed by atoms with E-state index in [0.717, 1.165) is 18.4 Å². The van der Waals surface area contributed by atoms with Crippen LogP contribution in [0.5, 0.6) is 0 Å². The van der Waals surface area contributed by atoms with Crippen LogP contribution >= 0.6 is 0 Å². The average molecular weight is 221 g/mol. The summed E-state index contributed by atoms with van der Waals surface area (Å²) in [5.74, 6) is -0.449. The minimum atomic E-state index is -0.427. The number of benzene rings is 1. The van der Waals surface area contributed by atoms with Crippen LogP contribution in [0.4, 0.5) is 4.39 Å². The molecule has 86 valence electrons. The molecule has 0 heterocycles.